The smallest absolute Gasteiger partial charge is 0.476 e. The molecule has 0 saturated heterocycles. The number of nitrogens with one attached hydrogen (secondary N) is 4. The summed E-state index contributed by atoms with van der Waals surface area (Å²) in [7, 11) is -1.65. The maximum atomic E-state index is 13.4. The van der Waals surface area contributed by atoms with E-state index in [1.54, 1.807) is 98.0 Å². The molecule has 1 radical (unpaired) electrons. The first-order valence-electron chi connectivity index (χ1n) is 24.9. The number of nitrogens with two attached hydrogens (primary N) is 1. The molecule has 0 fully saturated rings. The third-order valence-corrected chi connectivity index (χ3v) is 11.2. The number of allylic oxidation sites excluding steroid dienone is 1. The fraction of sp³-hybridized carbons (Fsp3) is 0.136. The molecule has 11 rings (SSSR count). The molecule has 18 nitrogen and oxygen atoms in total. The quantitative estimate of drug-likeness (QED) is 0.0319. The van der Waals surface area contributed by atoms with E-state index in [4.69, 9.17) is 20.9 Å². The Morgan fingerprint density at radius 2 is 1.17 bits per heavy atom. The van der Waals surface area contributed by atoms with Crippen LogP contribution in [0.1, 0.15) is 73.6 Å². The van der Waals surface area contributed by atoms with Crippen LogP contribution in [0, 0.1) is 17.6 Å². The van der Waals surface area contributed by atoms with Crippen molar-refractivity contribution >= 4 is 129 Å². The van der Waals surface area contributed by atoms with Crippen LogP contribution in [0.2, 0.25) is 0 Å². The van der Waals surface area contributed by atoms with Gasteiger partial charge in [-0.25, -0.2) is 13.6 Å². The van der Waals surface area contributed by atoms with E-state index in [9.17, 15) is 23.2 Å². The van der Waals surface area contributed by atoms with E-state index in [1.165, 1.54) is 23.7 Å². The number of hydrogen-bond donors (Lipinski definition) is 8. The molecule has 7 aromatic heterocycles. The Morgan fingerprint density at radius 3 is 1.67 bits per heavy atom. The average Bonchev–Trinajstić information content (AvgIpc) is 3.17. The van der Waals surface area contributed by atoms with Gasteiger partial charge in [-0.05, 0) is 114 Å². The first-order chi connectivity index (χ1) is 39.4. The number of rotatable bonds is 7. The van der Waals surface area contributed by atoms with E-state index in [0.29, 0.717) is 42.3 Å². The van der Waals surface area contributed by atoms with Gasteiger partial charge in [0.1, 0.15) is 11.6 Å². The number of nitrogen functional groups attached to an aromatic ring is 1. The molecule has 84 heavy (non-hydrogen) atoms. The Kier molecular flexibility index (Phi) is 28.1. The Bertz CT molecular complexity index is 3750. The van der Waals surface area contributed by atoms with Gasteiger partial charge in [-0.2, -0.15) is 31.0 Å². The van der Waals surface area contributed by atoms with Crippen LogP contribution in [0.3, 0.4) is 0 Å². The molecule has 2 amide bonds. The number of aromatic nitrogens is 9. The molecule has 0 atom stereocenters. The first-order valence-corrected chi connectivity index (χ1v) is 27.6. The number of aromatic amines is 2. The van der Waals surface area contributed by atoms with Crippen molar-refractivity contribution < 1.29 is 56.9 Å². The Morgan fingerprint density at radius 1 is 0.655 bits per heavy atom. The predicted octanol–water partition coefficient (Wildman–Crippen LogP) is 12.3. The summed E-state index contributed by atoms with van der Waals surface area (Å²) < 4.78 is 27.9. The summed E-state index contributed by atoms with van der Waals surface area (Å²) in [6.07, 6.45) is 17.4. The van der Waals surface area contributed by atoms with E-state index < -0.39 is 24.7 Å². The van der Waals surface area contributed by atoms with Crippen LogP contribution in [0.15, 0.2) is 180 Å². The maximum Gasteiger partial charge on any atom is 0.490 e. The molecule has 433 valence electrons. The van der Waals surface area contributed by atoms with Gasteiger partial charge in [-0.15, -0.1) is 0 Å². The van der Waals surface area contributed by atoms with E-state index in [0.717, 1.165) is 56.0 Å². The van der Waals surface area contributed by atoms with E-state index in [2.05, 4.69) is 152 Å². The molecule has 0 spiro atoms. The number of fused-ring (bicyclic) bond motifs is 3. The number of carbonyl (C=O) groups excluding carboxylic acids is 2. The van der Waals surface area contributed by atoms with Crippen LogP contribution in [0.4, 0.5) is 25.8 Å². The number of hydrogen-bond acceptors (Lipinski definition) is 13. The summed E-state index contributed by atoms with van der Waals surface area (Å²) in [4.78, 5) is 54.4. The van der Waals surface area contributed by atoms with E-state index in [-0.39, 0.29) is 47.2 Å². The fourth-order valence-electron chi connectivity index (χ4n) is 6.81. The van der Waals surface area contributed by atoms with Gasteiger partial charge in [0.15, 0.2) is 11.4 Å². The van der Waals surface area contributed by atoms with Gasteiger partial charge in [-0.3, -0.25) is 44.7 Å². The number of amides is 2. The zero-order valence-electron chi connectivity index (χ0n) is 46.1. The third kappa shape index (κ3) is 23.6. The summed E-state index contributed by atoms with van der Waals surface area (Å²) >= 11 is 9.08. The molecule has 7 heterocycles. The van der Waals surface area contributed by atoms with Crippen molar-refractivity contribution in [2.75, 3.05) is 16.4 Å². The van der Waals surface area contributed by atoms with Crippen LogP contribution in [0.5, 0.6) is 0 Å². The maximum absolute atomic E-state index is 13.4. The molecule has 1 aliphatic carbocycles. The van der Waals surface area contributed by atoms with Gasteiger partial charge in [0.05, 0.1) is 52.9 Å². The molecule has 9 N–H and O–H groups in total. The third-order valence-electron chi connectivity index (χ3n) is 10.2. The molecule has 0 saturated carbocycles. The Labute approximate surface area is 526 Å². The molecule has 3 aromatic carbocycles. The van der Waals surface area contributed by atoms with Crippen molar-refractivity contribution in [1.29, 1.82) is 0 Å². The number of carboxylic acid groups (broad SMARTS) is 1. The van der Waals surface area contributed by atoms with Crippen molar-refractivity contribution in [2.24, 2.45) is 0 Å². The van der Waals surface area contributed by atoms with Crippen LogP contribution in [-0.2, 0) is 29.8 Å². The number of carbonyl (C=O) groups is 3. The number of alkyl halides is 1. The van der Waals surface area contributed by atoms with Crippen LogP contribution < -0.4 is 21.8 Å². The number of nitrogens with zero attached hydrogens (tertiary/aromatic N) is 7. The molecule has 0 unspecified atom stereocenters. The summed E-state index contributed by atoms with van der Waals surface area (Å²) in [5.74, 6) is -1.05. The van der Waals surface area contributed by atoms with Gasteiger partial charge in [0.25, 0.3) is 11.8 Å². The molecule has 0 aliphatic heterocycles. The van der Waals surface area contributed by atoms with Crippen molar-refractivity contribution in [2.45, 2.75) is 51.4 Å². The van der Waals surface area contributed by atoms with Crippen molar-refractivity contribution in [1.82, 2.24) is 45.3 Å². The molecule has 0 bridgehead atoms. The average molecular weight is 1420 g/mol. The van der Waals surface area contributed by atoms with Crippen LogP contribution >= 0.6 is 54.5 Å². The topological polar surface area (TPSA) is 284 Å². The summed E-state index contributed by atoms with van der Waals surface area (Å²) in [6, 6.07) is 29.8. The fourth-order valence-corrected chi connectivity index (χ4v) is 7.53. The van der Waals surface area contributed by atoms with Crippen LogP contribution in [-0.4, -0.2) is 88.8 Å². The second-order valence-electron chi connectivity index (χ2n) is 19.0. The summed E-state index contributed by atoms with van der Waals surface area (Å²) in [6.45, 7) is 12.8. The van der Waals surface area contributed by atoms with E-state index >= 15 is 0 Å². The summed E-state index contributed by atoms with van der Waals surface area (Å²) in [5.41, 5.74) is 13.4. The number of aromatic carboxylic acids is 1. The van der Waals surface area contributed by atoms with Gasteiger partial charge < -0.3 is 37.4 Å². The number of pyridine rings is 5. The minimum Gasteiger partial charge on any atom is -0.476 e. The van der Waals surface area contributed by atoms with Crippen molar-refractivity contribution in [3.05, 3.63) is 220 Å². The monoisotopic (exact) mass is 1410 g/mol. The number of anilines is 3. The standard InChI is InChI=1S/C18H12FN5O.C15H11BrN2O.C8H5BrN2O2.C5H5BFNO2.C5H6N2.C4H9I.C4H9.V/c19-13-6-12(8-21-9-13)11-3-4-16-15(7-11)17(24-23-16)18(25)22-14-2-1-5-20-10-14;16-11-5-3-10-4-6-13(14(10)8-11)15(19)18-12-2-1-7-17-9-12;9-4-1-2-6-5(3-4)7(8(12)13)11-10-6;7-5-1-4(6(9)10)2-8-3-5;6-5-2-1-3-7-4-5;1-4(2,3)5;1-4(2)3;/h1-10H,(H,22,25)(H,23,24);1-3,5-9H,4H2,(H,18,19);1-3H,(H,10,11)(H,12,13);1-3,9-10H;1-4H,6H2;1-3H3;1-3H3;/q;;;;;;-1;. The molecule has 10 aromatic rings. The second kappa shape index (κ2) is 34.3. The van der Waals surface area contributed by atoms with Gasteiger partial charge in [0.2, 0.25) is 0 Å². The van der Waals surface area contributed by atoms with Crippen molar-refractivity contribution in [3.8, 4) is 11.1 Å². The second-order valence-corrected chi connectivity index (χ2v) is 24.0. The predicted molar refractivity (Wildman–Crippen MR) is 338 cm³/mol. The van der Waals surface area contributed by atoms with Gasteiger partial charge in [0, 0.05) is 95.5 Å². The Hall–Kier alpha value is -7.58. The molecular weight excluding hydrogens is 1360 g/mol. The van der Waals surface area contributed by atoms with Gasteiger partial charge >= 0.3 is 13.1 Å². The largest absolute Gasteiger partial charge is 0.490 e. The SMILES string of the molecule is CC(C)(C)I.C[C-](C)C.Nc1cccnc1.O=C(Nc1cccnc1)C1=CCc2ccc(Br)cc21.O=C(Nc1cccnc1)c1n[nH]c2ccc(-c3cncc(F)c3)cc12.O=C(O)c1n[nH]c2ccc(Br)cc12.OB(O)c1cncc(F)c1.[V]. The number of H-pyrrole nitrogens is 2. The minimum absolute atomic E-state index is 0. The van der Waals surface area contributed by atoms with Crippen LogP contribution in [0.25, 0.3) is 38.5 Å². The molecular formula is C59H57BBr2F2IN12O6V-. The minimum atomic E-state index is -1.65. The van der Waals surface area contributed by atoms with Gasteiger partial charge in [-0.1, -0.05) is 93.4 Å². The molecule has 25 heteroatoms. The zero-order chi connectivity index (χ0) is 60.6. The zero-order valence-corrected chi connectivity index (χ0v) is 52.8. The normalized spacial score (nSPS) is 10.7. The van der Waals surface area contributed by atoms with E-state index in [1.807, 2.05) is 42.5 Å². The number of benzene rings is 3. The van der Waals surface area contributed by atoms with Crippen molar-refractivity contribution in [3.63, 3.8) is 0 Å². The summed E-state index contributed by atoms with van der Waals surface area (Å²) in [5, 5.41) is 45.9. The first kappa shape index (κ1) is 68.9. The number of carboxylic acids is 1. The Balaban J connectivity index is 0.000000228. The molecule has 1 aliphatic rings. The number of halogens is 5.